The Labute approximate surface area is 172 Å². The first-order valence-electron chi connectivity index (χ1n) is 9.75. The molecule has 0 spiro atoms. The van der Waals surface area contributed by atoms with Gasteiger partial charge in [0.2, 0.25) is 0 Å². The lowest BCUT2D eigenvalue weighted by atomic mass is 9.60. The lowest BCUT2D eigenvalue weighted by Crippen LogP contribution is -2.30. The monoisotopic (exact) mass is 413 g/mol. The van der Waals surface area contributed by atoms with Crippen LogP contribution in [0.5, 0.6) is 0 Å². The number of carboxylic acids is 1. The summed E-state index contributed by atoms with van der Waals surface area (Å²) in [6.07, 6.45) is 1.55. The molecule has 0 bridgehead atoms. The molecule has 0 amide bonds. The van der Waals surface area contributed by atoms with E-state index in [2.05, 4.69) is 15.0 Å². The highest BCUT2D eigenvalue weighted by molar-refractivity contribution is 6.51. The van der Waals surface area contributed by atoms with Crippen LogP contribution < -0.4 is 17.0 Å². The SMILES string of the molecule is Cc1cc2nc3c(=O)[nH]c(=O)nc-3n(CCB(CCCC(=O)O)OCN)c2cc1C. The minimum Gasteiger partial charge on any atom is -0.481 e. The van der Waals surface area contributed by atoms with Gasteiger partial charge in [0.15, 0.2) is 11.5 Å². The molecule has 0 radical (unpaired) electrons. The van der Waals surface area contributed by atoms with Gasteiger partial charge in [-0.25, -0.2) is 9.78 Å². The molecular weight excluding hydrogens is 389 g/mol. The second kappa shape index (κ2) is 9.18. The van der Waals surface area contributed by atoms with Gasteiger partial charge in [-0.2, -0.15) is 4.98 Å². The Hall–Kier alpha value is -3.05. The summed E-state index contributed by atoms with van der Waals surface area (Å²) in [5.41, 5.74) is 7.75. The number of carbonyl (C=O) groups is 1. The molecule has 30 heavy (non-hydrogen) atoms. The maximum Gasteiger partial charge on any atom is 0.349 e. The topological polar surface area (TPSA) is 153 Å². The smallest absolute Gasteiger partial charge is 0.349 e. The van der Waals surface area contributed by atoms with Crippen molar-refractivity contribution in [1.82, 2.24) is 19.5 Å². The van der Waals surface area contributed by atoms with E-state index in [4.69, 9.17) is 15.5 Å². The van der Waals surface area contributed by atoms with Crippen LogP contribution in [0.15, 0.2) is 21.7 Å². The zero-order valence-electron chi connectivity index (χ0n) is 17.0. The minimum absolute atomic E-state index is 0.0151. The molecule has 4 N–H and O–H groups in total. The van der Waals surface area contributed by atoms with Crippen molar-refractivity contribution in [3.05, 3.63) is 44.1 Å². The van der Waals surface area contributed by atoms with Crippen molar-refractivity contribution in [2.75, 3.05) is 6.73 Å². The van der Waals surface area contributed by atoms with Gasteiger partial charge in [-0.05, 0) is 56.2 Å². The Morgan fingerprint density at radius 2 is 1.97 bits per heavy atom. The third-order valence-electron chi connectivity index (χ3n) is 5.15. The third-order valence-corrected chi connectivity index (χ3v) is 5.15. The van der Waals surface area contributed by atoms with Gasteiger partial charge < -0.3 is 20.1 Å². The number of nitrogens with zero attached hydrogens (tertiary/aromatic N) is 3. The van der Waals surface area contributed by atoms with Crippen molar-refractivity contribution in [3.63, 3.8) is 0 Å². The summed E-state index contributed by atoms with van der Waals surface area (Å²) in [7, 11) is 0. The van der Waals surface area contributed by atoms with Gasteiger partial charge in [-0.3, -0.25) is 14.6 Å². The van der Waals surface area contributed by atoms with Gasteiger partial charge in [0.25, 0.3) is 12.5 Å². The fraction of sp³-hybridized carbons (Fsp3) is 0.421. The van der Waals surface area contributed by atoms with E-state index < -0.39 is 17.2 Å². The first kappa shape index (κ1) is 21.7. The molecule has 0 aromatic heterocycles. The number of aromatic amines is 1. The van der Waals surface area contributed by atoms with E-state index in [9.17, 15) is 14.4 Å². The van der Waals surface area contributed by atoms with Crippen LogP contribution in [0.25, 0.3) is 22.6 Å². The highest BCUT2D eigenvalue weighted by atomic mass is 16.4. The summed E-state index contributed by atoms with van der Waals surface area (Å²) in [6, 6.07) is 3.85. The molecule has 1 aromatic rings. The molecule has 0 fully saturated rings. The molecule has 3 rings (SSSR count). The molecule has 11 heteroatoms. The van der Waals surface area contributed by atoms with Gasteiger partial charge in [0, 0.05) is 13.0 Å². The van der Waals surface area contributed by atoms with Crippen molar-refractivity contribution in [1.29, 1.82) is 0 Å². The quantitative estimate of drug-likeness (QED) is 0.267. The number of nitrogens with one attached hydrogen (secondary N) is 1. The fourth-order valence-corrected chi connectivity index (χ4v) is 3.48. The van der Waals surface area contributed by atoms with Crippen molar-refractivity contribution in [3.8, 4) is 11.5 Å². The third kappa shape index (κ3) is 4.74. The van der Waals surface area contributed by atoms with E-state index in [1.54, 1.807) is 4.57 Å². The second-order valence-corrected chi connectivity index (χ2v) is 7.26. The number of hydrogen-bond acceptors (Lipinski definition) is 7. The molecule has 0 atom stereocenters. The van der Waals surface area contributed by atoms with Gasteiger partial charge in [0.1, 0.15) is 0 Å². The summed E-state index contributed by atoms with van der Waals surface area (Å²) < 4.78 is 7.36. The Morgan fingerprint density at radius 1 is 1.23 bits per heavy atom. The Balaban J connectivity index is 2.03. The number of aliphatic carboxylic acids is 1. The summed E-state index contributed by atoms with van der Waals surface area (Å²) in [5.74, 6) is -0.657. The van der Waals surface area contributed by atoms with E-state index in [0.29, 0.717) is 31.1 Å². The van der Waals surface area contributed by atoms with Crippen molar-refractivity contribution >= 4 is 23.9 Å². The van der Waals surface area contributed by atoms with Crippen LogP contribution in [0.2, 0.25) is 12.6 Å². The Morgan fingerprint density at radius 3 is 2.67 bits per heavy atom. The molecular formula is C19H24BN5O5. The predicted octanol–water partition coefficient (Wildman–Crippen LogP) is 0.991. The summed E-state index contributed by atoms with van der Waals surface area (Å²) >= 11 is 0. The standard InChI is InChI=1S/C19H24BN5O5/c1-11-8-13-14(9-12(11)2)25(17-16(22-13)18(28)24-19(29)23-17)7-6-20(30-10-21)5-3-4-15(26)27/h8-9H,3-7,10,21H2,1-2H3,(H,26,27)(H,24,28,29). The van der Waals surface area contributed by atoms with Crippen LogP contribution in [0.1, 0.15) is 24.0 Å². The Kier molecular flexibility index (Phi) is 6.63. The number of benzene rings is 1. The number of nitrogens with two attached hydrogens (primary N) is 1. The second-order valence-electron chi connectivity index (χ2n) is 7.26. The normalized spacial score (nSPS) is 11.3. The number of carboxylic acid groups (broad SMARTS) is 1. The summed E-state index contributed by atoms with van der Waals surface area (Å²) in [5, 5.41) is 8.85. The van der Waals surface area contributed by atoms with Gasteiger partial charge in [0.05, 0.1) is 17.8 Å². The number of rotatable bonds is 9. The zero-order chi connectivity index (χ0) is 21.8. The van der Waals surface area contributed by atoms with E-state index in [0.717, 1.165) is 16.6 Å². The molecule has 0 aliphatic carbocycles. The lowest BCUT2D eigenvalue weighted by molar-refractivity contribution is -0.137. The first-order chi connectivity index (χ1) is 14.3. The average Bonchev–Trinajstić information content (AvgIpc) is 2.66. The largest absolute Gasteiger partial charge is 0.481 e. The highest BCUT2D eigenvalue weighted by Gasteiger charge is 2.22. The summed E-state index contributed by atoms with van der Waals surface area (Å²) in [6.45, 7) is 4.08. The van der Waals surface area contributed by atoms with Crippen LogP contribution in [-0.2, 0) is 16.0 Å². The molecule has 2 aliphatic heterocycles. The van der Waals surface area contributed by atoms with E-state index >= 15 is 0 Å². The molecule has 0 saturated heterocycles. The molecule has 2 aliphatic rings. The van der Waals surface area contributed by atoms with E-state index in [1.807, 2.05) is 26.0 Å². The van der Waals surface area contributed by atoms with Crippen LogP contribution in [0.3, 0.4) is 0 Å². The molecule has 10 nitrogen and oxygen atoms in total. The molecule has 158 valence electrons. The highest BCUT2D eigenvalue weighted by Crippen LogP contribution is 2.24. The molecule has 0 unspecified atom stereocenters. The van der Waals surface area contributed by atoms with Gasteiger partial charge in [-0.15, -0.1) is 0 Å². The van der Waals surface area contributed by atoms with Crippen LogP contribution in [-0.4, -0.2) is 44.2 Å². The average molecular weight is 413 g/mol. The molecule has 2 heterocycles. The number of H-pyrrole nitrogens is 1. The zero-order valence-corrected chi connectivity index (χ0v) is 17.0. The number of hydrogen-bond donors (Lipinski definition) is 3. The van der Waals surface area contributed by atoms with Gasteiger partial charge in [-0.1, -0.05) is 0 Å². The molecule has 1 aromatic carbocycles. The van der Waals surface area contributed by atoms with Crippen LogP contribution in [0.4, 0.5) is 0 Å². The predicted molar refractivity (Wildman–Crippen MR) is 113 cm³/mol. The summed E-state index contributed by atoms with van der Waals surface area (Å²) in [4.78, 5) is 45.6. The van der Waals surface area contributed by atoms with Gasteiger partial charge >= 0.3 is 11.7 Å². The fourth-order valence-electron chi connectivity index (χ4n) is 3.48. The number of fused-ring (bicyclic) bond motifs is 2. The lowest BCUT2D eigenvalue weighted by Gasteiger charge is -2.19. The maximum atomic E-state index is 12.3. The number of aromatic nitrogens is 4. The first-order valence-corrected chi connectivity index (χ1v) is 9.75. The maximum absolute atomic E-state index is 12.3. The van der Waals surface area contributed by atoms with E-state index in [-0.39, 0.29) is 31.6 Å². The molecule has 0 saturated carbocycles. The minimum atomic E-state index is -0.862. The van der Waals surface area contributed by atoms with Crippen molar-refractivity contribution in [2.45, 2.75) is 45.9 Å². The van der Waals surface area contributed by atoms with Crippen molar-refractivity contribution < 1.29 is 14.6 Å². The van der Waals surface area contributed by atoms with Crippen LogP contribution in [0, 0.1) is 13.8 Å². The van der Waals surface area contributed by atoms with Crippen molar-refractivity contribution in [2.24, 2.45) is 5.73 Å². The van der Waals surface area contributed by atoms with E-state index in [1.165, 1.54) is 0 Å². The van der Waals surface area contributed by atoms with Crippen LogP contribution >= 0.6 is 0 Å². The Bertz CT molecular complexity index is 1160. The number of aryl methyl sites for hydroxylation is 3.